The summed E-state index contributed by atoms with van der Waals surface area (Å²) in [5.41, 5.74) is 3.75. The molecule has 2 aromatic carbocycles. The number of benzene rings is 2. The first-order valence-corrected chi connectivity index (χ1v) is 7.05. The van der Waals surface area contributed by atoms with Gasteiger partial charge >= 0.3 is 5.97 Å². The van der Waals surface area contributed by atoms with Crippen LogP contribution in [0.25, 0.3) is 0 Å². The summed E-state index contributed by atoms with van der Waals surface area (Å²) < 4.78 is 5.29. The molecule has 1 unspecified atom stereocenters. The molecule has 0 aromatic heterocycles. The van der Waals surface area contributed by atoms with E-state index in [1.807, 2.05) is 26.0 Å². The lowest BCUT2D eigenvalue weighted by atomic mass is 9.71. The highest BCUT2D eigenvalue weighted by molar-refractivity contribution is 5.89. The Labute approximate surface area is 124 Å². The average Bonchev–Trinajstić information content (AvgIpc) is 2.43. The number of hydrogen-bond acceptors (Lipinski definition) is 3. The van der Waals surface area contributed by atoms with Gasteiger partial charge in [-0.15, -0.1) is 0 Å². The zero-order valence-corrected chi connectivity index (χ0v) is 12.2. The molecule has 21 heavy (non-hydrogen) atoms. The molecular weight excluding hydrogens is 264 g/mol. The standard InChI is InChI=1S/C18H18O3/c1-12-8-13(2)16-15(9-12)10-18(16,20)11-21-17(19)14-6-4-3-5-7-14/h3-9,20H,10-11H2,1-2H3. The zero-order chi connectivity index (χ0) is 15.0. The Hall–Kier alpha value is -2.13. The second-order valence-electron chi connectivity index (χ2n) is 5.77. The maximum absolute atomic E-state index is 11.9. The van der Waals surface area contributed by atoms with E-state index < -0.39 is 11.6 Å². The van der Waals surface area contributed by atoms with E-state index in [-0.39, 0.29) is 6.61 Å². The average molecular weight is 282 g/mol. The van der Waals surface area contributed by atoms with Crippen LogP contribution in [0.1, 0.15) is 32.6 Å². The van der Waals surface area contributed by atoms with Crippen LogP contribution in [0.15, 0.2) is 42.5 Å². The SMILES string of the molecule is Cc1cc(C)c2c(c1)CC2(O)COC(=O)c1ccccc1. The molecule has 1 aliphatic rings. The van der Waals surface area contributed by atoms with Crippen molar-refractivity contribution in [1.29, 1.82) is 0 Å². The van der Waals surface area contributed by atoms with Crippen LogP contribution in [0.3, 0.4) is 0 Å². The molecule has 0 radical (unpaired) electrons. The van der Waals surface area contributed by atoms with Crippen molar-refractivity contribution in [2.24, 2.45) is 0 Å². The van der Waals surface area contributed by atoms with E-state index in [0.29, 0.717) is 12.0 Å². The van der Waals surface area contributed by atoms with Crippen molar-refractivity contribution < 1.29 is 14.6 Å². The molecule has 0 fully saturated rings. The molecule has 1 atom stereocenters. The van der Waals surface area contributed by atoms with E-state index in [9.17, 15) is 9.90 Å². The van der Waals surface area contributed by atoms with Crippen LogP contribution in [0.5, 0.6) is 0 Å². The van der Waals surface area contributed by atoms with Crippen LogP contribution < -0.4 is 0 Å². The van der Waals surface area contributed by atoms with Crippen LogP contribution in [-0.4, -0.2) is 17.7 Å². The Kier molecular flexibility index (Phi) is 3.30. The molecule has 0 amide bonds. The predicted octanol–water partition coefficient (Wildman–Crippen LogP) is 2.90. The summed E-state index contributed by atoms with van der Waals surface area (Å²) in [4.78, 5) is 11.9. The minimum Gasteiger partial charge on any atom is -0.459 e. The molecule has 0 aliphatic heterocycles. The van der Waals surface area contributed by atoms with Gasteiger partial charge in [-0.3, -0.25) is 0 Å². The van der Waals surface area contributed by atoms with E-state index in [2.05, 4.69) is 6.07 Å². The highest BCUT2D eigenvalue weighted by Crippen LogP contribution is 2.42. The van der Waals surface area contributed by atoms with Crippen LogP contribution >= 0.6 is 0 Å². The summed E-state index contributed by atoms with van der Waals surface area (Å²) in [6, 6.07) is 13.0. The van der Waals surface area contributed by atoms with Crippen molar-refractivity contribution in [3.05, 3.63) is 70.3 Å². The highest BCUT2D eigenvalue weighted by atomic mass is 16.5. The van der Waals surface area contributed by atoms with Crippen LogP contribution in [0, 0.1) is 13.8 Å². The lowest BCUT2D eigenvalue weighted by Crippen LogP contribution is -2.44. The molecule has 3 heteroatoms. The quantitative estimate of drug-likeness (QED) is 0.880. The van der Waals surface area contributed by atoms with E-state index >= 15 is 0 Å². The largest absolute Gasteiger partial charge is 0.459 e. The van der Waals surface area contributed by atoms with Crippen molar-refractivity contribution in [3.63, 3.8) is 0 Å². The summed E-state index contributed by atoms with van der Waals surface area (Å²) >= 11 is 0. The van der Waals surface area contributed by atoms with Gasteiger partial charge in [0, 0.05) is 6.42 Å². The minimum atomic E-state index is -1.04. The number of aliphatic hydroxyl groups is 1. The maximum Gasteiger partial charge on any atom is 0.338 e. The number of fused-ring (bicyclic) bond motifs is 1. The fourth-order valence-electron chi connectivity index (χ4n) is 3.12. The summed E-state index contributed by atoms with van der Waals surface area (Å²) in [6.07, 6.45) is 0.535. The molecule has 0 heterocycles. The molecule has 1 aliphatic carbocycles. The van der Waals surface area contributed by atoms with Crippen LogP contribution in [0.2, 0.25) is 0 Å². The van der Waals surface area contributed by atoms with Gasteiger partial charge in [0.15, 0.2) is 0 Å². The number of ether oxygens (including phenoxy) is 1. The van der Waals surface area contributed by atoms with E-state index in [1.54, 1.807) is 24.3 Å². The minimum absolute atomic E-state index is 0.00235. The number of esters is 1. The molecule has 0 saturated heterocycles. The molecule has 3 nitrogen and oxygen atoms in total. The number of aryl methyl sites for hydroxylation is 2. The molecule has 3 rings (SSSR count). The Bertz CT molecular complexity index is 674. The topological polar surface area (TPSA) is 46.5 Å². The summed E-state index contributed by atoms with van der Waals surface area (Å²) in [6.45, 7) is 4.02. The second-order valence-corrected chi connectivity index (χ2v) is 5.77. The third kappa shape index (κ3) is 2.45. The molecule has 0 bridgehead atoms. The van der Waals surface area contributed by atoms with Gasteiger partial charge in [-0.2, -0.15) is 0 Å². The third-order valence-electron chi connectivity index (χ3n) is 3.96. The monoisotopic (exact) mass is 282 g/mol. The van der Waals surface area contributed by atoms with E-state index in [0.717, 1.165) is 16.7 Å². The normalized spacial score (nSPS) is 19.6. The fraction of sp³-hybridized carbons (Fsp3) is 0.278. The van der Waals surface area contributed by atoms with E-state index in [4.69, 9.17) is 4.74 Å². The summed E-state index contributed by atoms with van der Waals surface area (Å²) in [7, 11) is 0. The van der Waals surface area contributed by atoms with Crippen molar-refractivity contribution in [3.8, 4) is 0 Å². The predicted molar refractivity (Wildman–Crippen MR) is 80.2 cm³/mol. The highest BCUT2D eigenvalue weighted by Gasteiger charge is 2.43. The zero-order valence-electron chi connectivity index (χ0n) is 12.2. The van der Waals surface area contributed by atoms with Crippen molar-refractivity contribution in [1.82, 2.24) is 0 Å². The lowest BCUT2D eigenvalue weighted by molar-refractivity contribution is -0.0519. The van der Waals surface area contributed by atoms with Gasteiger partial charge < -0.3 is 9.84 Å². The van der Waals surface area contributed by atoms with Gasteiger partial charge in [0.25, 0.3) is 0 Å². The fourth-order valence-corrected chi connectivity index (χ4v) is 3.12. The Morgan fingerprint density at radius 3 is 2.62 bits per heavy atom. The van der Waals surface area contributed by atoms with Crippen molar-refractivity contribution >= 4 is 5.97 Å². The maximum atomic E-state index is 11.9. The van der Waals surface area contributed by atoms with Gasteiger partial charge in [-0.25, -0.2) is 4.79 Å². The summed E-state index contributed by atoms with van der Waals surface area (Å²) in [5.74, 6) is -0.401. The first-order chi connectivity index (χ1) is 9.99. The molecule has 0 spiro atoms. The third-order valence-corrected chi connectivity index (χ3v) is 3.96. The number of carbonyl (C=O) groups is 1. The smallest absolute Gasteiger partial charge is 0.338 e. The summed E-state index contributed by atoms with van der Waals surface area (Å²) in [5, 5.41) is 10.7. The lowest BCUT2D eigenvalue weighted by Gasteiger charge is -2.40. The number of carbonyl (C=O) groups excluding carboxylic acids is 1. The molecular formula is C18H18O3. The van der Waals surface area contributed by atoms with Gasteiger partial charge in [0.1, 0.15) is 12.2 Å². The molecule has 1 N–H and O–H groups in total. The first-order valence-electron chi connectivity index (χ1n) is 7.05. The number of hydrogen-bond donors (Lipinski definition) is 1. The van der Waals surface area contributed by atoms with E-state index in [1.165, 1.54) is 5.56 Å². The van der Waals surface area contributed by atoms with Gasteiger partial charge in [-0.05, 0) is 42.7 Å². The molecule has 0 saturated carbocycles. The van der Waals surface area contributed by atoms with Gasteiger partial charge in [-0.1, -0.05) is 35.9 Å². The Balaban J connectivity index is 1.73. The van der Waals surface area contributed by atoms with Crippen molar-refractivity contribution in [2.75, 3.05) is 6.61 Å². The molecule has 108 valence electrons. The number of rotatable bonds is 3. The van der Waals surface area contributed by atoms with Crippen LogP contribution in [-0.2, 0) is 16.8 Å². The second kappa shape index (κ2) is 5.01. The first kappa shape index (κ1) is 13.8. The Morgan fingerprint density at radius 1 is 1.24 bits per heavy atom. The van der Waals surface area contributed by atoms with Crippen molar-refractivity contribution in [2.45, 2.75) is 25.9 Å². The van der Waals surface area contributed by atoms with Gasteiger partial charge in [0.05, 0.1) is 5.56 Å². The molecule has 2 aromatic rings. The van der Waals surface area contributed by atoms with Gasteiger partial charge in [0.2, 0.25) is 0 Å². The Morgan fingerprint density at radius 2 is 1.95 bits per heavy atom. The van der Waals surface area contributed by atoms with Crippen LogP contribution in [0.4, 0.5) is 0 Å².